The number of hydrogen-bond donors (Lipinski definition) is 1. The van der Waals surface area contributed by atoms with E-state index in [0.29, 0.717) is 29.3 Å². The highest BCUT2D eigenvalue weighted by Crippen LogP contribution is 2.47. The van der Waals surface area contributed by atoms with E-state index in [0.717, 1.165) is 24.3 Å². The van der Waals surface area contributed by atoms with Crippen LogP contribution >= 0.6 is 11.3 Å². The van der Waals surface area contributed by atoms with Crippen LogP contribution in [0.3, 0.4) is 0 Å². The third kappa shape index (κ3) is 3.00. The Morgan fingerprint density at radius 2 is 1.66 bits per heavy atom. The van der Waals surface area contributed by atoms with Crippen molar-refractivity contribution >= 4 is 28.0 Å². The normalized spacial score (nSPS) is 18.3. The van der Waals surface area contributed by atoms with Gasteiger partial charge in [-0.3, -0.25) is 9.59 Å². The van der Waals surface area contributed by atoms with Crippen molar-refractivity contribution in [3.05, 3.63) is 70.6 Å². The van der Waals surface area contributed by atoms with Gasteiger partial charge in [0.15, 0.2) is 5.13 Å². The van der Waals surface area contributed by atoms with Gasteiger partial charge in [0.25, 0.3) is 11.6 Å². The topological polar surface area (TPSA) is 55.4 Å². The van der Waals surface area contributed by atoms with Gasteiger partial charge >= 0.3 is 0 Å². The van der Waals surface area contributed by atoms with Crippen LogP contribution in [0.15, 0.2) is 48.5 Å². The Morgan fingerprint density at radius 3 is 2.28 bits per heavy atom. The monoisotopic (exact) mass is 417 g/mol. The number of halogens is 3. The summed E-state index contributed by atoms with van der Waals surface area (Å²) in [5.41, 5.74) is -3.41. The number of thiophene rings is 1. The number of ether oxygens (including phenoxy) is 1. The maximum Gasteiger partial charge on any atom is 0.275 e. The molecule has 0 saturated heterocycles. The molecule has 1 unspecified atom stereocenters. The zero-order valence-electron chi connectivity index (χ0n) is 15.1. The Labute approximate surface area is 167 Å². The Hall–Kier alpha value is -3.13. The van der Waals surface area contributed by atoms with Gasteiger partial charge in [-0.05, 0) is 36.8 Å². The average Bonchev–Trinajstić information content (AvgIpc) is 3.03. The highest BCUT2D eigenvalue weighted by atomic mass is 32.1. The van der Waals surface area contributed by atoms with Crippen molar-refractivity contribution in [2.75, 3.05) is 11.9 Å². The second kappa shape index (κ2) is 7.04. The lowest BCUT2D eigenvalue weighted by Gasteiger charge is -2.28. The van der Waals surface area contributed by atoms with Crippen molar-refractivity contribution in [3.63, 3.8) is 0 Å². The maximum atomic E-state index is 15.7. The molecule has 29 heavy (non-hydrogen) atoms. The smallest absolute Gasteiger partial charge is 0.275 e. The SMILES string of the molecule is CCOc1ccc(-c2c(F)sc3c2C(=O)C(F)(c2ccc(F)cc2)C(=O)N3)cc1. The van der Waals surface area contributed by atoms with Crippen molar-refractivity contribution in [2.45, 2.75) is 12.6 Å². The summed E-state index contributed by atoms with van der Waals surface area (Å²) >= 11 is 0.555. The van der Waals surface area contributed by atoms with Gasteiger partial charge in [0.2, 0.25) is 5.78 Å². The molecule has 1 aromatic heterocycles. The molecule has 1 amide bonds. The van der Waals surface area contributed by atoms with Crippen LogP contribution in [0.2, 0.25) is 0 Å². The van der Waals surface area contributed by atoms with Crippen molar-refractivity contribution < 1.29 is 27.5 Å². The molecule has 2 aromatic carbocycles. The van der Waals surface area contributed by atoms with Crippen LogP contribution in [-0.4, -0.2) is 18.3 Å². The first-order valence-corrected chi connectivity index (χ1v) is 9.54. The summed E-state index contributed by atoms with van der Waals surface area (Å²) in [4.78, 5) is 25.5. The van der Waals surface area contributed by atoms with E-state index in [1.807, 2.05) is 6.92 Å². The predicted octanol–water partition coefficient (Wildman–Crippen LogP) is 5.09. The van der Waals surface area contributed by atoms with Crippen LogP contribution in [0.25, 0.3) is 11.1 Å². The van der Waals surface area contributed by atoms with Crippen LogP contribution in [0.5, 0.6) is 5.75 Å². The molecule has 0 fully saturated rings. The fourth-order valence-corrected chi connectivity index (χ4v) is 4.20. The molecule has 148 valence electrons. The van der Waals surface area contributed by atoms with Crippen LogP contribution in [0.1, 0.15) is 22.8 Å². The van der Waals surface area contributed by atoms with E-state index in [1.165, 1.54) is 0 Å². The summed E-state index contributed by atoms with van der Waals surface area (Å²) in [6.07, 6.45) is 0. The summed E-state index contributed by atoms with van der Waals surface area (Å²) in [6.45, 7) is 2.27. The molecule has 1 N–H and O–H groups in total. The lowest BCUT2D eigenvalue weighted by atomic mass is 9.83. The number of hydrogen-bond acceptors (Lipinski definition) is 4. The fraction of sp³-hybridized carbons (Fsp3) is 0.143. The molecule has 1 aliphatic rings. The highest BCUT2D eigenvalue weighted by Gasteiger charge is 2.54. The van der Waals surface area contributed by atoms with E-state index in [2.05, 4.69) is 5.32 Å². The molecule has 8 heteroatoms. The van der Waals surface area contributed by atoms with Gasteiger partial charge < -0.3 is 10.1 Å². The number of carbonyl (C=O) groups excluding carboxylic acids is 2. The Kier molecular flexibility index (Phi) is 4.66. The van der Waals surface area contributed by atoms with Crippen LogP contribution in [0.4, 0.5) is 18.2 Å². The summed E-state index contributed by atoms with van der Waals surface area (Å²) in [7, 11) is 0. The van der Waals surface area contributed by atoms with Crippen LogP contribution < -0.4 is 10.1 Å². The van der Waals surface area contributed by atoms with Gasteiger partial charge in [0.05, 0.1) is 12.2 Å². The minimum absolute atomic E-state index is 0.0585. The molecular formula is C21H14F3NO3S. The largest absolute Gasteiger partial charge is 0.494 e. The molecule has 0 bridgehead atoms. The predicted molar refractivity (Wildman–Crippen MR) is 103 cm³/mol. The fourth-order valence-electron chi connectivity index (χ4n) is 3.26. The molecule has 1 aliphatic heterocycles. The van der Waals surface area contributed by atoms with E-state index < -0.39 is 28.3 Å². The number of rotatable bonds is 4. The molecule has 2 heterocycles. The quantitative estimate of drug-likeness (QED) is 0.602. The van der Waals surface area contributed by atoms with Gasteiger partial charge in [0, 0.05) is 11.1 Å². The number of carbonyl (C=O) groups is 2. The first kappa shape index (κ1) is 19.2. The lowest BCUT2D eigenvalue weighted by molar-refractivity contribution is -0.125. The van der Waals surface area contributed by atoms with Crippen molar-refractivity contribution in [1.82, 2.24) is 0 Å². The zero-order chi connectivity index (χ0) is 20.8. The van der Waals surface area contributed by atoms with Crippen molar-refractivity contribution in [2.24, 2.45) is 0 Å². The molecule has 4 nitrogen and oxygen atoms in total. The van der Waals surface area contributed by atoms with Crippen LogP contribution in [-0.2, 0) is 10.5 Å². The molecule has 0 aliphatic carbocycles. The molecule has 0 radical (unpaired) electrons. The van der Waals surface area contributed by atoms with E-state index >= 15 is 4.39 Å². The molecule has 1 atom stereocenters. The highest BCUT2D eigenvalue weighted by molar-refractivity contribution is 7.15. The summed E-state index contributed by atoms with van der Waals surface area (Å²) < 4.78 is 49.0. The number of alkyl halides is 1. The standard InChI is InChI=1S/C21H14F3NO3S/c1-2-28-14-9-3-11(4-10-14)15-16-17(26)21(24,12-5-7-13(22)8-6-12)20(27)25-19(16)29-18(15)23/h3-10H,2H2,1H3,(H,25,27). The van der Waals surface area contributed by atoms with Gasteiger partial charge in [-0.25, -0.2) is 8.78 Å². The number of anilines is 1. The molecular weight excluding hydrogens is 403 g/mol. The van der Waals surface area contributed by atoms with Crippen LogP contribution in [0, 0.1) is 10.9 Å². The minimum Gasteiger partial charge on any atom is -0.494 e. The molecule has 0 saturated carbocycles. The van der Waals surface area contributed by atoms with Gasteiger partial charge in [0.1, 0.15) is 16.6 Å². The van der Waals surface area contributed by atoms with Crippen molar-refractivity contribution in [3.8, 4) is 16.9 Å². The summed E-state index contributed by atoms with van der Waals surface area (Å²) in [6, 6.07) is 10.3. The average molecular weight is 417 g/mol. The van der Waals surface area contributed by atoms with E-state index in [9.17, 15) is 18.4 Å². The van der Waals surface area contributed by atoms with Gasteiger partial charge in [-0.15, -0.1) is 0 Å². The van der Waals surface area contributed by atoms with Gasteiger partial charge in [-0.1, -0.05) is 35.6 Å². The first-order valence-electron chi connectivity index (χ1n) is 8.73. The van der Waals surface area contributed by atoms with E-state index in [1.54, 1.807) is 24.3 Å². The number of benzene rings is 2. The second-order valence-corrected chi connectivity index (χ2v) is 7.33. The maximum absolute atomic E-state index is 15.7. The number of Topliss-reactive ketones (excluding diaryl/α,β-unsaturated/α-hetero) is 1. The Morgan fingerprint density at radius 1 is 1.00 bits per heavy atom. The summed E-state index contributed by atoms with van der Waals surface area (Å²) in [5.74, 6) is -2.50. The van der Waals surface area contributed by atoms with Gasteiger partial charge in [-0.2, -0.15) is 4.39 Å². The number of fused-ring (bicyclic) bond motifs is 1. The number of nitrogens with one attached hydrogen (secondary N) is 1. The molecule has 3 aromatic rings. The minimum atomic E-state index is -3.09. The third-order valence-electron chi connectivity index (χ3n) is 4.64. The molecule has 4 rings (SSSR count). The van der Waals surface area contributed by atoms with E-state index in [4.69, 9.17) is 4.74 Å². The van der Waals surface area contributed by atoms with E-state index in [-0.39, 0.29) is 21.7 Å². The first-order chi connectivity index (χ1) is 13.9. The number of ketones is 1. The summed E-state index contributed by atoms with van der Waals surface area (Å²) in [5, 5.41) is 1.50. The Balaban J connectivity index is 1.84. The zero-order valence-corrected chi connectivity index (χ0v) is 15.9. The Bertz CT molecular complexity index is 1110. The van der Waals surface area contributed by atoms with Crippen molar-refractivity contribution in [1.29, 1.82) is 0 Å². The molecule has 0 spiro atoms. The lowest BCUT2D eigenvalue weighted by Crippen LogP contribution is -2.47. The number of amides is 1. The third-order valence-corrected chi connectivity index (χ3v) is 5.53. The second-order valence-electron chi connectivity index (χ2n) is 6.36.